The number of thioether (sulfide) groups is 1. The zero-order valence-corrected chi connectivity index (χ0v) is 9.84. The maximum Gasteiger partial charge on any atom is 0.0977 e. The average molecular weight is 207 g/mol. The molecule has 0 radical (unpaired) electrons. The van der Waals surface area contributed by atoms with Crippen LogP contribution in [0.1, 0.15) is 25.8 Å². The molecule has 0 fully saturated rings. The van der Waals surface area contributed by atoms with Crippen molar-refractivity contribution in [2.45, 2.75) is 26.3 Å². The predicted molar refractivity (Wildman–Crippen MR) is 66.2 cm³/mol. The first-order valence-corrected chi connectivity index (χ1v) is 6.17. The molecule has 0 aliphatic carbocycles. The molecule has 0 N–H and O–H groups in total. The fraction of sp³-hybridized carbons (Fsp3) is 0.417. The lowest BCUT2D eigenvalue weighted by atomic mass is 10.2. The van der Waals surface area contributed by atoms with Crippen molar-refractivity contribution in [3.63, 3.8) is 0 Å². The summed E-state index contributed by atoms with van der Waals surface area (Å²) in [7, 11) is 0. The van der Waals surface area contributed by atoms with Crippen molar-refractivity contribution in [2.24, 2.45) is 4.99 Å². The minimum absolute atomic E-state index is 0.414. The van der Waals surface area contributed by atoms with Gasteiger partial charge in [0.25, 0.3) is 0 Å². The van der Waals surface area contributed by atoms with E-state index in [1.165, 1.54) is 5.56 Å². The standard InChI is InChI=1S/C12H17NS/c1-4-10(2)13-12(14-3)11-8-6-5-7-9-11/h5-10H,4H2,1-3H3. The Labute approximate surface area is 90.6 Å². The zero-order chi connectivity index (χ0) is 10.4. The molecule has 0 aliphatic rings. The molecule has 0 saturated carbocycles. The quantitative estimate of drug-likeness (QED) is 0.545. The van der Waals surface area contributed by atoms with Gasteiger partial charge in [0, 0.05) is 11.6 Å². The first-order chi connectivity index (χ1) is 6.77. The van der Waals surface area contributed by atoms with Crippen molar-refractivity contribution in [2.75, 3.05) is 6.26 Å². The molecule has 1 aromatic rings. The van der Waals surface area contributed by atoms with Gasteiger partial charge in [0.15, 0.2) is 0 Å². The predicted octanol–water partition coefficient (Wildman–Crippen LogP) is 3.59. The molecule has 0 amide bonds. The molecule has 1 atom stereocenters. The van der Waals surface area contributed by atoms with E-state index in [1.807, 2.05) is 6.07 Å². The third kappa shape index (κ3) is 3.18. The minimum Gasteiger partial charge on any atom is -0.275 e. The summed E-state index contributed by atoms with van der Waals surface area (Å²) in [5.74, 6) is 0. The Morgan fingerprint density at radius 2 is 2.00 bits per heavy atom. The second kappa shape index (κ2) is 5.86. The fourth-order valence-corrected chi connectivity index (χ4v) is 1.77. The van der Waals surface area contributed by atoms with Crippen LogP contribution in [-0.4, -0.2) is 17.3 Å². The van der Waals surface area contributed by atoms with Crippen molar-refractivity contribution in [1.82, 2.24) is 0 Å². The minimum atomic E-state index is 0.414. The number of hydrogen-bond donors (Lipinski definition) is 0. The van der Waals surface area contributed by atoms with Crippen LogP contribution >= 0.6 is 11.8 Å². The smallest absolute Gasteiger partial charge is 0.0977 e. The van der Waals surface area contributed by atoms with E-state index in [0.717, 1.165) is 11.5 Å². The highest BCUT2D eigenvalue weighted by atomic mass is 32.2. The SMILES string of the molecule is CCC(C)N=C(SC)c1ccccc1. The number of benzene rings is 1. The van der Waals surface area contributed by atoms with Crippen LogP contribution in [0.15, 0.2) is 35.3 Å². The zero-order valence-electron chi connectivity index (χ0n) is 9.03. The summed E-state index contributed by atoms with van der Waals surface area (Å²) >= 11 is 1.72. The van der Waals surface area contributed by atoms with Gasteiger partial charge in [-0.05, 0) is 19.6 Å². The maximum atomic E-state index is 4.66. The molecule has 0 spiro atoms. The molecule has 0 saturated heterocycles. The van der Waals surface area contributed by atoms with E-state index >= 15 is 0 Å². The number of aliphatic imine (C=N–C) groups is 1. The van der Waals surface area contributed by atoms with Gasteiger partial charge in [-0.1, -0.05) is 37.3 Å². The summed E-state index contributed by atoms with van der Waals surface area (Å²) < 4.78 is 0. The lowest BCUT2D eigenvalue weighted by Crippen LogP contribution is -2.02. The molecule has 14 heavy (non-hydrogen) atoms. The van der Waals surface area contributed by atoms with Crippen molar-refractivity contribution in [1.29, 1.82) is 0 Å². The molecular formula is C12H17NS. The van der Waals surface area contributed by atoms with Crippen molar-refractivity contribution in [3.8, 4) is 0 Å². The molecule has 76 valence electrons. The van der Waals surface area contributed by atoms with E-state index < -0.39 is 0 Å². The van der Waals surface area contributed by atoms with E-state index in [-0.39, 0.29) is 0 Å². The summed E-state index contributed by atoms with van der Waals surface area (Å²) in [6.07, 6.45) is 3.17. The van der Waals surface area contributed by atoms with E-state index in [2.05, 4.69) is 49.4 Å². The topological polar surface area (TPSA) is 12.4 Å². The van der Waals surface area contributed by atoms with Gasteiger partial charge in [0.1, 0.15) is 0 Å². The number of rotatable bonds is 3. The van der Waals surface area contributed by atoms with E-state index in [4.69, 9.17) is 0 Å². The van der Waals surface area contributed by atoms with Gasteiger partial charge >= 0.3 is 0 Å². The van der Waals surface area contributed by atoms with Gasteiger partial charge in [0.05, 0.1) is 5.04 Å². The molecule has 0 aliphatic heterocycles. The Hall–Kier alpha value is -0.760. The van der Waals surface area contributed by atoms with Gasteiger partial charge in [-0.2, -0.15) is 0 Å². The summed E-state index contributed by atoms with van der Waals surface area (Å²) in [4.78, 5) is 4.66. The highest BCUT2D eigenvalue weighted by Crippen LogP contribution is 2.12. The van der Waals surface area contributed by atoms with Crippen LogP contribution in [0.5, 0.6) is 0 Å². The number of hydrogen-bond acceptors (Lipinski definition) is 2. The monoisotopic (exact) mass is 207 g/mol. The fourth-order valence-electron chi connectivity index (χ4n) is 1.12. The molecule has 1 unspecified atom stereocenters. The molecule has 2 heteroatoms. The maximum absolute atomic E-state index is 4.66. The molecule has 0 heterocycles. The first kappa shape index (κ1) is 11.3. The summed E-state index contributed by atoms with van der Waals surface area (Å²) in [6.45, 7) is 4.32. The Morgan fingerprint density at radius 1 is 1.36 bits per heavy atom. The third-order valence-corrected chi connectivity index (χ3v) is 2.87. The second-order valence-electron chi connectivity index (χ2n) is 3.26. The Morgan fingerprint density at radius 3 is 2.50 bits per heavy atom. The molecule has 1 aromatic carbocycles. The third-order valence-electron chi connectivity index (χ3n) is 2.14. The summed E-state index contributed by atoms with van der Waals surface area (Å²) in [6, 6.07) is 10.8. The Bertz CT molecular complexity index is 292. The van der Waals surface area contributed by atoms with Crippen LogP contribution < -0.4 is 0 Å². The largest absolute Gasteiger partial charge is 0.275 e. The molecule has 1 nitrogen and oxygen atoms in total. The highest BCUT2D eigenvalue weighted by Gasteiger charge is 2.02. The van der Waals surface area contributed by atoms with Gasteiger partial charge in [-0.3, -0.25) is 4.99 Å². The van der Waals surface area contributed by atoms with Crippen molar-refractivity contribution in [3.05, 3.63) is 35.9 Å². The van der Waals surface area contributed by atoms with Gasteiger partial charge in [-0.15, -0.1) is 11.8 Å². The Balaban J connectivity index is 2.87. The van der Waals surface area contributed by atoms with Crippen LogP contribution in [0, 0.1) is 0 Å². The van der Waals surface area contributed by atoms with Gasteiger partial charge < -0.3 is 0 Å². The summed E-state index contributed by atoms with van der Waals surface area (Å²) in [5, 5.41) is 1.14. The van der Waals surface area contributed by atoms with Gasteiger partial charge in [0.2, 0.25) is 0 Å². The van der Waals surface area contributed by atoms with E-state index in [0.29, 0.717) is 6.04 Å². The van der Waals surface area contributed by atoms with Crippen LogP contribution in [0.3, 0.4) is 0 Å². The van der Waals surface area contributed by atoms with Crippen LogP contribution in [0.2, 0.25) is 0 Å². The molecule has 0 aromatic heterocycles. The summed E-state index contributed by atoms with van der Waals surface area (Å²) in [5.41, 5.74) is 1.22. The Kier molecular flexibility index (Phi) is 4.74. The lowest BCUT2D eigenvalue weighted by Gasteiger charge is -2.07. The molecule has 0 bridgehead atoms. The van der Waals surface area contributed by atoms with Crippen LogP contribution in [-0.2, 0) is 0 Å². The van der Waals surface area contributed by atoms with Gasteiger partial charge in [-0.25, -0.2) is 0 Å². The average Bonchev–Trinajstić information content (AvgIpc) is 2.26. The normalized spacial score (nSPS) is 14.1. The van der Waals surface area contributed by atoms with Crippen molar-refractivity contribution >= 4 is 16.8 Å². The molecule has 1 rings (SSSR count). The molecular weight excluding hydrogens is 190 g/mol. The van der Waals surface area contributed by atoms with Crippen LogP contribution in [0.4, 0.5) is 0 Å². The first-order valence-electron chi connectivity index (χ1n) is 4.95. The highest BCUT2D eigenvalue weighted by molar-refractivity contribution is 8.13. The number of nitrogens with zero attached hydrogens (tertiary/aromatic N) is 1. The van der Waals surface area contributed by atoms with E-state index in [9.17, 15) is 0 Å². The van der Waals surface area contributed by atoms with E-state index in [1.54, 1.807) is 11.8 Å². The second-order valence-corrected chi connectivity index (χ2v) is 4.06. The van der Waals surface area contributed by atoms with Crippen LogP contribution in [0.25, 0.3) is 0 Å². The lowest BCUT2D eigenvalue weighted by molar-refractivity contribution is 0.719. The van der Waals surface area contributed by atoms with Crippen molar-refractivity contribution < 1.29 is 0 Å².